The number of rotatable bonds is 2. The Balaban J connectivity index is 1.94. The third kappa shape index (κ3) is 3.00. The summed E-state index contributed by atoms with van der Waals surface area (Å²) in [7, 11) is 0. The van der Waals surface area contributed by atoms with E-state index in [9.17, 15) is 0 Å². The van der Waals surface area contributed by atoms with Crippen molar-refractivity contribution in [2.45, 2.75) is 26.7 Å². The van der Waals surface area contributed by atoms with Crippen molar-refractivity contribution in [3.8, 4) is 0 Å². The van der Waals surface area contributed by atoms with Crippen LogP contribution in [0.4, 0.5) is 0 Å². The summed E-state index contributed by atoms with van der Waals surface area (Å²) in [6.07, 6.45) is 2.11. The van der Waals surface area contributed by atoms with E-state index in [2.05, 4.69) is 19.2 Å². The lowest BCUT2D eigenvalue weighted by Gasteiger charge is -2.51. The largest absolute Gasteiger partial charge is 0.531 e. The Morgan fingerprint density at radius 2 is 1.47 bits per heavy atom. The summed E-state index contributed by atoms with van der Waals surface area (Å²) in [4.78, 5) is 0. The highest BCUT2D eigenvalue weighted by Gasteiger charge is 2.42. The van der Waals surface area contributed by atoms with Crippen LogP contribution in [0.25, 0.3) is 0 Å². The van der Waals surface area contributed by atoms with Gasteiger partial charge in [-0.25, -0.2) is 0 Å². The molecule has 0 radical (unpaired) electrons. The topological polar surface area (TPSA) is 49.0 Å². The lowest BCUT2D eigenvalue weighted by Crippen LogP contribution is -2.59. The van der Waals surface area contributed by atoms with Gasteiger partial charge in [0.2, 0.25) is 0 Å². The molecule has 0 aromatic heterocycles. The maximum Gasteiger partial charge on any atom is 0.531 e. The van der Waals surface area contributed by atoms with Crippen LogP contribution in [0.2, 0.25) is 0 Å². The Hall–Kier alpha value is -0.135. The van der Waals surface area contributed by atoms with Crippen LogP contribution in [0.15, 0.2) is 0 Å². The third-order valence-electron chi connectivity index (χ3n) is 3.89. The van der Waals surface area contributed by atoms with Gasteiger partial charge in [0.25, 0.3) is 0 Å². The zero-order chi connectivity index (χ0) is 12.2. The molecule has 2 aliphatic heterocycles. The van der Waals surface area contributed by atoms with Gasteiger partial charge in [-0.1, -0.05) is 13.8 Å². The molecule has 2 fully saturated rings. The Labute approximate surface area is 103 Å². The lowest BCUT2D eigenvalue weighted by atomic mass is 9.81. The van der Waals surface area contributed by atoms with Gasteiger partial charge in [0.1, 0.15) is 0 Å². The van der Waals surface area contributed by atoms with Gasteiger partial charge in [0.15, 0.2) is 0 Å². The molecule has 2 saturated heterocycles. The third-order valence-corrected chi connectivity index (χ3v) is 3.89. The van der Waals surface area contributed by atoms with E-state index in [1.165, 1.54) is 0 Å². The van der Waals surface area contributed by atoms with Crippen molar-refractivity contribution in [2.75, 3.05) is 39.5 Å². The van der Waals surface area contributed by atoms with Gasteiger partial charge in [-0.2, -0.15) is 0 Å². The van der Waals surface area contributed by atoms with Gasteiger partial charge < -0.3 is 23.9 Å². The van der Waals surface area contributed by atoms with Crippen molar-refractivity contribution < 1.29 is 18.6 Å². The summed E-state index contributed by atoms with van der Waals surface area (Å²) in [5.74, 6) is 0. The molecule has 0 amide bonds. The van der Waals surface area contributed by atoms with E-state index in [-0.39, 0.29) is 5.41 Å². The van der Waals surface area contributed by atoms with E-state index in [0.717, 1.165) is 25.9 Å². The first-order valence-electron chi connectivity index (χ1n) is 6.63. The smallest absolute Gasteiger partial charge is 0.518 e. The maximum absolute atomic E-state index is 5.81. The highest BCUT2D eigenvalue weighted by atomic mass is 16.9. The molecule has 0 aromatic rings. The average Bonchev–Trinajstić information content (AvgIpc) is 2.36. The molecule has 0 unspecified atom stereocenters. The maximum atomic E-state index is 5.81. The normalized spacial score (nSPS) is 28.6. The molecule has 6 heteroatoms. The predicted molar refractivity (Wildman–Crippen MR) is 65.4 cm³/mol. The molecular formula is C11H23BNO4-. The molecule has 100 valence electrons. The fraction of sp³-hybridized carbons (Fsp3) is 1.00. The monoisotopic (exact) mass is 244 g/mol. The van der Waals surface area contributed by atoms with E-state index in [1.54, 1.807) is 0 Å². The summed E-state index contributed by atoms with van der Waals surface area (Å²) in [5.41, 5.74) is 0.125. The second-order valence-corrected chi connectivity index (χ2v) is 4.90. The summed E-state index contributed by atoms with van der Waals surface area (Å²) < 4.78 is 22.9. The van der Waals surface area contributed by atoms with Crippen molar-refractivity contribution in [3.63, 3.8) is 0 Å². The minimum absolute atomic E-state index is 0.125. The van der Waals surface area contributed by atoms with Crippen molar-refractivity contribution >= 4 is 6.96 Å². The van der Waals surface area contributed by atoms with Gasteiger partial charge in [0, 0.05) is 44.9 Å². The molecule has 0 aromatic carbocycles. The zero-order valence-electron chi connectivity index (χ0n) is 10.9. The van der Waals surface area contributed by atoms with Crippen LogP contribution in [0.3, 0.4) is 0 Å². The molecule has 2 heterocycles. The first-order valence-corrected chi connectivity index (χ1v) is 6.63. The van der Waals surface area contributed by atoms with Crippen LogP contribution in [0.1, 0.15) is 26.7 Å². The molecule has 2 rings (SSSR count). The number of hydrogen-bond donors (Lipinski definition) is 1. The fourth-order valence-corrected chi connectivity index (χ4v) is 2.22. The van der Waals surface area contributed by atoms with Gasteiger partial charge in [-0.05, 0) is 12.8 Å². The van der Waals surface area contributed by atoms with E-state index in [0.29, 0.717) is 26.4 Å². The second-order valence-electron chi connectivity index (χ2n) is 4.90. The number of hydrogen-bond acceptors (Lipinski definition) is 5. The molecule has 2 aliphatic rings. The Morgan fingerprint density at radius 3 is 1.94 bits per heavy atom. The molecule has 5 nitrogen and oxygen atoms in total. The summed E-state index contributed by atoms with van der Waals surface area (Å²) >= 11 is 0. The van der Waals surface area contributed by atoms with E-state index in [4.69, 9.17) is 18.6 Å². The highest BCUT2D eigenvalue weighted by molar-refractivity contribution is 6.53. The molecular weight excluding hydrogens is 221 g/mol. The first-order chi connectivity index (χ1) is 8.24. The van der Waals surface area contributed by atoms with Gasteiger partial charge >= 0.3 is 6.96 Å². The standard InChI is InChI=1S/C11H23BNO4/c1-3-11(4-2)9-16-12(17-10-11)14-7-5-13-6-8-15-12/h13H,3-10H2,1-2H3/q-1. The van der Waals surface area contributed by atoms with Crippen LogP contribution in [-0.2, 0) is 18.6 Å². The fourth-order valence-electron chi connectivity index (χ4n) is 2.22. The minimum atomic E-state index is -1.96. The Bertz CT molecular complexity index is 228. The predicted octanol–water partition coefficient (Wildman–Crippen LogP) is 0.912. The summed E-state index contributed by atoms with van der Waals surface area (Å²) in [6.45, 7) is 6.45. The van der Waals surface area contributed by atoms with Crippen LogP contribution >= 0.6 is 0 Å². The van der Waals surface area contributed by atoms with Crippen LogP contribution in [0.5, 0.6) is 0 Å². The molecule has 17 heavy (non-hydrogen) atoms. The Morgan fingerprint density at radius 1 is 0.941 bits per heavy atom. The van der Waals surface area contributed by atoms with Gasteiger partial charge in [-0.3, -0.25) is 0 Å². The van der Waals surface area contributed by atoms with E-state index in [1.807, 2.05) is 0 Å². The van der Waals surface area contributed by atoms with Gasteiger partial charge in [-0.15, -0.1) is 0 Å². The van der Waals surface area contributed by atoms with Crippen molar-refractivity contribution in [3.05, 3.63) is 0 Å². The lowest BCUT2D eigenvalue weighted by molar-refractivity contribution is -0.117. The quantitative estimate of drug-likeness (QED) is 0.732. The molecule has 0 bridgehead atoms. The zero-order valence-corrected chi connectivity index (χ0v) is 10.9. The highest BCUT2D eigenvalue weighted by Crippen LogP contribution is 2.34. The van der Waals surface area contributed by atoms with Gasteiger partial charge in [0.05, 0.1) is 0 Å². The molecule has 1 spiro atoms. The van der Waals surface area contributed by atoms with E-state index >= 15 is 0 Å². The van der Waals surface area contributed by atoms with Crippen LogP contribution in [-0.4, -0.2) is 46.5 Å². The van der Waals surface area contributed by atoms with Crippen molar-refractivity contribution in [2.24, 2.45) is 5.41 Å². The molecule has 1 N–H and O–H groups in total. The van der Waals surface area contributed by atoms with Crippen LogP contribution in [0, 0.1) is 5.41 Å². The van der Waals surface area contributed by atoms with Crippen LogP contribution < -0.4 is 5.32 Å². The molecule has 0 saturated carbocycles. The number of nitrogens with one attached hydrogen (secondary N) is 1. The SMILES string of the molecule is CCC1(CC)CO[B-]2(OCCNCCO2)OC1. The average molecular weight is 244 g/mol. The summed E-state index contributed by atoms with van der Waals surface area (Å²) in [5, 5.41) is 3.20. The summed E-state index contributed by atoms with van der Waals surface area (Å²) in [6, 6.07) is 0. The first kappa shape index (κ1) is 13.3. The Kier molecular flexibility index (Phi) is 4.44. The molecule has 0 aliphatic carbocycles. The second kappa shape index (κ2) is 5.67. The minimum Gasteiger partial charge on any atom is -0.518 e. The van der Waals surface area contributed by atoms with Crippen molar-refractivity contribution in [1.82, 2.24) is 5.32 Å². The van der Waals surface area contributed by atoms with E-state index < -0.39 is 6.96 Å². The van der Waals surface area contributed by atoms with Crippen molar-refractivity contribution in [1.29, 1.82) is 0 Å². The molecule has 0 atom stereocenters.